The number of aryl methyl sites for hydroxylation is 1. The first-order valence-corrected chi connectivity index (χ1v) is 9.33. The maximum Gasteiger partial charge on any atom is 0.248 e. The number of ether oxygens (including phenoxy) is 1. The highest BCUT2D eigenvalue weighted by molar-refractivity contribution is 7.09. The Kier molecular flexibility index (Phi) is 6.21. The summed E-state index contributed by atoms with van der Waals surface area (Å²) in [5.74, 6) is -0.0937. The maximum atomic E-state index is 13.0. The lowest BCUT2D eigenvalue weighted by Gasteiger charge is -2.05. The molecule has 1 amide bonds. The van der Waals surface area contributed by atoms with Crippen LogP contribution in [0.15, 0.2) is 53.9 Å². The first-order chi connectivity index (χ1) is 13.0. The van der Waals surface area contributed by atoms with Gasteiger partial charge in [0, 0.05) is 11.5 Å². The van der Waals surface area contributed by atoms with E-state index in [1.54, 1.807) is 17.4 Å². The van der Waals surface area contributed by atoms with E-state index in [0.717, 1.165) is 28.1 Å². The molecule has 138 valence electrons. The second-order valence-electron chi connectivity index (χ2n) is 5.66. The van der Waals surface area contributed by atoms with E-state index in [9.17, 15) is 9.18 Å². The van der Waals surface area contributed by atoms with Gasteiger partial charge in [-0.05, 0) is 48.9 Å². The van der Waals surface area contributed by atoms with Gasteiger partial charge in [0.2, 0.25) is 5.91 Å². The number of carbonyl (C=O) groups is 1. The van der Waals surface area contributed by atoms with Crippen LogP contribution in [0.3, 0.4) is 0 Å². The van der Waals surface area contributed by atoms with Crippen molar-refractivity contribution in [3.8, 4) is 5.75 Å². The van der Waals surface area contributed by atoms with Gasteiger partial charge in [0.05, 0.1) is 21.4 Å². The van der Waals surface area contributed by atoms with Crippen molar-refractivity contribution in [1.82, 2.24) is 4.98 Å². The molecule has 0 atom stereocenters. The van der Waals surface area contributed by atoms with Crippen LogP contribution in [0.25, 0.3) is 6.08 Å². The topological polar surface area (TPSA) is 51.2 Å². The maximum absolute atomic E-state index is 13.0. The Morgan fingerprint density at radius 1 is 1.30 bits per heavy atom. The standard InChI is InChI=1S/C20H16ClFN2O2S/c1-13-23-16(12-27-13)11-26-17-6-2-14(3-7-17)4-9-20(25)24-19-8-5-15(22)10-18(19)21/h2-10,12H,11H2,1H3,(H,24,25)/b9-4+. The van der Waals surface area contributed by atoms with Crippen molar-refractivity contribution in [1.29, 1.82) is 0 Å². The van der Waals surface area contributed by atoms with Gasteiger partial charge in [-0.2, -0.15) is 0 Å². The highest BCUT2D eigenvalue weighted by atomic mass is 35.5. The van der Waals surface area contributed by atoms with Crippen LogP contribution in [-0.2, 0) is 11.4 Å². The van der Waals surface area contributed by atoms with Gasteiger partial charge in [0.1, 0.15) is 18.2 Å². The van der Waals surface area contributed by atoms with Crippen molar-refractivity contribution in [3.05, 3.63) is 81.0 Å². The van der Waals surface area contributed by atoms with Gasteiger partial charge in [-0.25, -0.2) is 9.37 Å². The van der Waals surface area contributed by atoms with Crippen LogP contribution in [-0.4, -0.2) is 10.9 Å². The number of aromatic nitrogens is 1. The molecular formula is C20H16ClFN2O2S. The average Bonchev–Trinajstić information content (AvgIpc) is 3.07. The molecule has 4 nitrogen and oxygen atoms in total. The minimum atomic E-state index is -0.458. The molecule has 3 rings (SSSR count). The second-order valence-corrected chi connectivity index (χ2v) is 7.13. The fourth-order valence-corrected chi connectivity index (χ4v) is 3.06. The molecule has 27 heavy (non-hydrogen) atoms. The molecule has 0 aliphatic carbocycles. The van der Waals surface area contributed by atoms with Gasteiger partial charge in [0.25, 0.3) is 0 Å². The molecule has 7 heteroatoms. The molecule has 0 fully saturated rings. The predicted molar refractivity (Wildman–Crippen MR) is 107 cm³/mol. The van der Waals surface area contributed by atoms with Gasteiger partial charge in [0.15, 0.2) is 0 Å². The summed E-state index contributed by atoms with van der Waals surface area (Å²) in [6.45, 7) is 2.37. The normalized spacial score (nSPS) is 10.9. The summed E-state index contributed by atoms with van der Waals surface area (Å²) in [5.41, 5.74) is 2.10. The average molecular weight is 403 g/mol. The summed E-state index contributed by atoms with van der Waals surface area (Å²) in [6.07, 6.45) is 3.05. The number of amides is 1. The Morgan fingerprint density at radius 3 is 2.74 bits per heavy atom. The highest BCUT2D eigenvalue weighted by Gasteiger charge is 2.04. The number of benzene rings is 2. The van der Waals surface area contributed by atoms with Crippen molar-refractivity contribution in [2.24, 2.45) is 0 Å². The lowest BCUT2D eigenvalue weighted by atomic mass is 10.2. The molecule has 2 aromatic carbocycles. The molecule has 0 saturated heterocycles. The molecule has 3 aromatic rings. The van der Waals surface area contributed by atoms with Crippen LogP contribution in [0.4, 0.5) is 10.1 Å². The van der Waals surface area contributed by atoms with Crippen LogP contribution in [0.1, 0.15) is 16.3 Å². The van der Waals surface area contributed by atoms with Gasteiger partial charge in [-0.15, -0.1) is 11.3 Å². The van der Waals surface area contributed by atoms with Crippen molar-refractivity contribution >= 4 is 40.6 Å². The molecule has 1 N–H and O–H groups in total. The van der Waals surface area contributed by atoms with Gasteiger partial charge in [-0.1, -0.05) is 23.7 Å². The second kappa shape index (κ2) is 8.79. The number of rotatable bonds is 6. The summed E-state index contributed by atoms with van der Waals surface area (Å²) in [5, 5.41) is 5.73. The van der Waals surface area contributed by atoms with Crippen LogP contribution in [0.5, 0.6) is 5.75 Å². The molecule has 0 bridgehead atoms. The molecule has 0 radical (unpaired) electrons. The number of carbonyl (C=O) groups excluding carboxylic acids is 1. The molecule has 1 heterocycles. The van der Waals surface area contributed by atoms with Crippen molar-refractivity contribution in [2.75, 3.05) is 5.32 Å². The molecule has 0 unspecified atom stereocenters. The van der Waals surface area contributed by atoms with E-state index >= 15 is 0 Å². The van der Waals surface area contributed by atoms with Crippen LogP contribution in [0.2, 0.25) is 5.02 Å². The smallest absolute Gasteiger partial charge is 0.248 e. The number of nitrogens with one attached hydrogen (secondary N) is 1. The van der Waals surface area contributed by atoms with Crippen LogP contribution >= 0.6 is 22.9 Å². The van der Waals surface area contributed by atoms with Gasteiger partial charge in [-0.3, -0.25) is 4.79 Å². The lowest BCUT2D eigenvalue weighted by molar-refractivity contribution is -0.111. The van der Waals surface area contributed by atoms with Gasteiger partial charge >= 0.3 is 0 Å². The molecular weight excluding hydrogens is 387 g/mol. The van der Waals surface area contributed by atoms with Crippen molar-refractivity contribution in [3.63, 3.8) is 0 Å². The van der Waals surface area contributed by atoms with Crippen molar-refractivity contribution < 1.29 is 13.9 Å². The van der Waals surface area contributed by atoms with Crippen LogP contribution < -0.4 is 10.1 Å². The zero-order chi connectivity index (χ0) is 19.2. The summed E-state index contributed by atoms with van der Waals surface area (Å²) in [6, 6.07) is 11.1. The minimum Gasteiger partial charge on any atom is -0.487 e. The van der Waals surface area contributed by atoms with Gasteiger partial charge < -0.3 is 10.1 Å². The van der Waals surface area contributed by atoms with E-state index in [1.807, 2.05) is 36.6 Å². The van der Waals surface area contributed by atoms with E-state index < -0.39 is 5.82 Å². The number of anilines is 1. The fraction of sp³-hybridized carbons (Fsp3) is 0.100. The fourth-order valence-electron chi connectivity index (χ4n) is 2.24. The Balaban J connectivity index is 1.54. The molecule has 0 saturated carbocycles. The molecule has 1 aromatic heterocycles. The first kappa shape index (κ1) is 19.1. The quantitative estimate of drug-likeness (QED) is 0.556. The summed E-state index contributed by atoms with van der Waals surface area (Å²) < 4.78 is 18.7. The number of hydrogen-bond acceptors (Lipinski definition) is 4. The SMILES string of the molecule is Cc1nc(COc2ccc(/C=C/C(=O)Nc3ccc(F)cc3Cl)cc2)cs1. The van der Waals surface area contributed by atoms with E-state index in [-0.39, 0.29) is 10.9 Å². The Labute approximate surface area is 165 Å². The Bertz CT molecular complexity index is 970. The number of halogens is 2. The van der Waals surface area contributed by atoms with E-state index in [2.05, 4.69) is 10.3 Å². The molecule has 0 aliphatic heterocycles. The summed E-state index contributed by atoms with van der Waals surface area (Å²) in [7, 11) is 0. The van der Waals surface area contributed by atoms with Crippen LogP contribution in [0, 0.1) is 12.7 Å². The van der Waals surface area contributed by atoms with E-state index in [0.29, 0.717) is 12.3 Å². The number of hydrogen-bond donors (Lipinski definition) is 1. The Morgan fingerprint density at radius 2 is 2.07 bits per heavy atom. The lowest BCUT2D eigenvalue weighted by Crippen LogP contribution is -2.08. The summed E-state index contributed by atoms with van der Waals surface area (Å²) >= 11 is 7.48. The number of nitrogens with zero attached hydrogens (tertiary/aromatic N) is 1. The van der Waals surface area contributed by atoms with Crippen molar-refractivity contribution in [2.45, 2.75) is 13.5 Å². The number of thiazole rings is 1. The Hall–Kier alpha value is -2.70. The largest absolute Gasteiger partial charge is 0.487 e. The van der Waals surface area contributed by atoms with E-state index in [4.69, 9.17) is 16.3 Å². The monoisotopic (exact) mass is 402 g/mol. The third kappa shape index (κ3) is 5.64. The third-order valence-corrected chi connectivity index (χ3v) is 4.68. The van der Waals surface area contributed by atoms with E-state index in [1.165, 1.54) is 18.2 Å². The highest BCUT2D eigenvalue weighted by Crippen LogP contribution is 2.22. The minimum absolute atomic E-state index is 0.147. The first-order valence-electron chi connectivity index (χ1n) is 8.07. The zero-order valence-corrected chi connectivity index (χ0v) is 16.0. The summed E-state index contributed by atoms with van der Waals surface area (Å²) in [4.78, 5) is 16.3. The zero-order valence-electron chi connectivity index (χ0n) is 14.4. The molecule has 0 spiro atoms. The molecule has 0 aliphatic rings. The predicted octanol–water partition coefficient (Wildman–Crippen LogP) is 5.47. The third-order valence-electron chi connectivity index (χ3n) is 3.55.